The van der Waals surface area contributed by atoms with Gasteiger partial charge in [-0.15, -0.1) is 0 Å². The smallest absolute Gasteiger partial charge is 0.359 e. The van der Waals surface area contributed by atoms with Gasteiger partial charge in [-0.3, -0.25) is 4.79 Å². The lowest BCUT2D eigenvalue weighted by Crippen LogP contribution is -2.43. The van der Waals surface area contributed by atoms with Crippen LogP contribution in [0.3, 0.4) is 0 Å². The minimum absolute atomic E-state index is 0.0595. The molecule has 1 amide bonds. The number of halogens is 3. The third kappa shape index (κ3) is 5.58. The van der Waals surface area contributed by atoms with E-state index in [0.29, 0.717) is 12.8 Å². The second kappa shape index (κ2) is 9.24. The molecule has 2 aromatic rings. The van der Waals surface area contributed by atoms with Crippen LogP contribution in [0.25, 0.3) is 0 Å². The van der Waals surface area contributed by atoms with Gasteiger partial charge in [-0.2, -0.15) is 13.2 Å². The van der Waals surface area contributed by atoms with Gasteiger partial charge in [0.1, 0.15) is 12.7 Å². The molecular weight excluding hydrogens is 367 g/mol. The second-order valence-electron chi connectivity index (χ2n) is 7.18. The molecule has 0 radical (unpaired) electrons. The van der Waals surface area contributed by atoms with E-state index in [2.05, 4.69) is 5.32 Å². The molecule has 6 heteroatoms. The number of hydrogen-bond donors (Lipinski definition) is 1. The quantitative estimate of drug-likeness (QED) is 0.750. The molecular formula is C22H24F3NO2. The molecule has 0 heterocycles. The summed E-state index contributed by atoms with van der Waals surface area (Å²) in [5.74, 6) is -1.72. The van der Waals surface area contributed by atoms with Crippen molar-refractivity contribution in [2.24, 2.45) is 5.92 Å². The van der Waals surface area contributed by atoms with Crippen LogP contribution in [-0.2, 0) is 9.53 Å². The van der Waals surface area contributed by atoms with Crippen LogP contribution in [0.4, 0.5) is 13.2 Å². The summed E-state index contributed by atoms with van der Waals surface area (Å²) < 4.78 is 44.7. The zero-order valence-electron chi connectivity index (χ0n) is 15.5. The summed E-state index contributed by atoms with van der Waals surface area (Å²) in [5, 5.41) is 2.72. The fourth-order valence-electron chi connectivity index (χ4n) is 3.69. The first-order valence-corrected chi connectivity index (χ1v) is 9.51. The first kappa shape index (κ1) is 20.4. The second-order valence-corrected chi connectivity index (χ2v) is 7.18. The van der Waals surface area contributed by atoms with Crippen molar-refractivity contribution in [1.82, 2.24) is 5.32 Å². The van der Waals surface area contributed by atoms with E-state index in [1.165, 1.54) is 0 Å². The summed E-state index contributed by atoms with van der Waals surface area (Å²) in [6, 6.07) is 18.6. The molecule has 28 heavy (non-hydrogen) atoms. The Balaban J connectivity index is 1.60. The van der Waals surface area contributed by atoms with E-state index < -0.39 is 24.2 Å². The molecule has 2 aromatic carbocycles. The Morgan fingerprint density at radius 1 is 1.00 bits per heavy atom. The van der Waals surface area contributed by atoms with Crippen LogP contribution in [0.1, 0.15) is 42.9 Å². The summed E-state index contributed by atoms with van der Waals surface area (Å²) in [6.45, 7) is -0.207. The SMILES string of the molecule is O=C(COC(c1ccccc1)c1ccccc1)NC1CCCC(C(F)(F)F)C1. The fourth-order valence-corrected chi connectivity index (χ4v) is 3.69. The zero-order valence-corrected chi connectivity index (χ0v) is 15.5. The van der Waals surface area contributed by atoms with Gasteiger partial charge in [-0.05, 0) is 30.4 Å². The summed E-state index contributed by atoms with van der Waals surface area (Å²) >= 11 is 0. The molecule has 3 nitrogen and oxygen atoms in total. The summed E-state index contributed by atoms with van der Waals surface area (Å²) in [6.07, 6.45) is -3.51. The van der Waals surface area contributed by atoms with Crippen molar-refractivity contribution in [3.63, 3.8) is 0 Å². The largest absolute Gasteiger partial charge is 0.391 e. The van der Waals surface area contributed by atoms with Crippen LogP contribution in [0.5, 0.6) is 0 Å². The maximum Gasteiger partial charge on any atom is 0.391 e. The van der Waals surface area contributed by atoms with Gasteiger partial charge in [0.15, 0.2) is 0 Å². The average molecular weight is 391 g/mol. The van der Waals surface area contributed by atoms with Crippen molar-refractivity contribution in [3.8, 4) is 0 Å². The molecule has 1 aliphatic carbocycles. The molecule has 1 aliphatic rings. The molecule has 0 saturated heterocycles. The Morgan fingerprint density at radius 2 is 1.57 bits per heavy atom. The third-order valence-corrected chi connectivity index (χ3v) is 5.09. The lowest BCUT2D eigenvalue weighted by molar-refractivity contribution is -0.184. The molecule has 1 fully saturated rings. The summed E-state index contributed by atoms with van der Waals surface area (Å²) in [5.41, 5.74) is 1.83. The van der Waals surface area contributed by atoms with Crippen LogP contribution in [0.2, 0.25) is 0 Å². The number of rotatable bonds is 6. The van der Waals surface area contributed by atoms with Crippen molar-refractivity contribution in [2.75, 3.05) is 6.61 Å². The number of alkyl halides is 3. The molecule has 150 valence electrons. The molecule has 0 bridgehead atoms. The van der Waals surface area contributed by atoms with Crippen LogP contribution >= 0.6 is 0 Å². The van der Waals surface area contributed by atoms with Gasteiger partial charge >= 0.3 is 6.18 Å². The minimum Gasteiger partial charge on any atom is -0.359 e. The Hall–Kier alpha value is -2.34. The highest BCUT2D eigenvalue weighted by Crippen LogP contribution is 2.37. The standard InChI is InChI=1S/C22H24F3NO2/c23-22(24,25)18-12-7-13-19(14-18)26-20(27)15-28-21(16-8-3-1-4-9-16)17-10-5-2-6-11-17/h1-6,8-11,18-19,21H,7,12-15H2,(H,26,27). The lowest BCUT2D eigenvalue weighted by atomic mass is 9.85. The number of amides is 1. The van der Waals surface area contributed by atoms with Gasteiger partial charge in [0.2, 0.25) is 5.91 Å². The van der Waals surface area contributed by atoms with Crippen LogP contribution in [0.15, 0.2) is 60.7 Å². The third-order valence-electron chi connectivity index (χ3n) is 5.09. The van der Waals surface area contributed by atoms with E-state index >= 15 is 0 Å². The molecule has 1 saturated carbocycles. The number of carbonyl (C=O) groups excluding carboxylic acids is 1. The van der Waals surface area contributed by atoms with E-state index in [1.807, 2.05) is 60.7 Å². The van der Waals surface area contributed by atoms with Gasteiger partial charge in [-0.1, -0.05) is 67.1 Å². The predicted octanol–water partition coefficient (Wildman–Crippen LogP) is 5.03. The molecule has 2 unspecified atom stereocenters. The molecule has 1 N–H and O–H groups in total. The average Bonchev–Trinajstić information content (AvgIpc) is 2.69. The highest BCUT2D eigenvalue weighted by Gasteiger charge is 2.42. The summed E-state index contributed by atoms with van der Waals surface area (Å²) in [4.78, 5) is 12.3. The lowest BCUT2D eigenvalue weighted by Gasteiger charge is -2.31. The number of ether oxygens (including phenoxy) is 1. The van der Waals surface area contributed by atoms with E-state index in [0.717, 1.165) is 11.1 Å². The first-order valence-electron chi connectivity index (χ1n) is 9.51. The maximum atomic E-state index is 12.9. The van der Waals surface area contributed by atoms with Gasteiger partial charge < -0.3 is 10.1 Å². The monoisotopic (exact) mass is 391 g/mol. The molecule has 3 rings (SSSR count). The Morgan fingerprint density at radius 3 is 2.11 bits per heavy atom. The van der Waals surface area contributed by atoms with Crippen LogP contribution < -0.4 is 5.32 Å². The first-order chi connectivity index (χ1) is 13.4. The van der Waals surface area contributed by atoms with Gasteiger partial charge in [0.25, 0.3) is 0 Å². The van der Waals surface area contributed by atoms with Crippen molar-refractivity contribution in [3.05, 3.63) is 71.8 Å². The highest BCUT2D eigenvalue weighted by molar-refractivity contribution is 5.77. The van der Waals surface area contributed by atoms with Gasteiger partial charge in [0.05, 0.1) is 5.92 Å². The van der Waals surface area contributed by atoms with Crippen molar-refractivity contribution >= 4 is 5.91 Å². The van der Waals surface area contributed by atoms with Crippen LogP contribution in [-0.4, -0.2) is 24.7 Å². The number of carbonyl (C=O) groups is 1. The number of nitrogens with one attached hydrogen (secondary N) is 1. The van der Waals surface area contributed by atoms with E-state index in [1.54, 1.807) is 0 Å². The van der Waals surface area contributed by atoms with E-state index in [4.69, 9.17) is 4.74 Å². The summed E-state index contributed by atoms with van der Waals surface area (Å²) in [7, 11) is 0. The van der Waals surface area contributed by atoms with Gasteiger partial charge in [-0.25, -0.2) is 0 Å². The van der Waals surface area contributed by atoms with E-state index in [-0.39, 0.29) is 25.4 Å². The minimum atomic E-state index is -4.20. The van der Waals surface area contributed by atoms with Crippen LogP contribution in [0, 0.1) is 5.92 Å². The number of hydrogen-bond acceptors (Lipinski definition) is 2. The predicted molar refractivity (Wildman–Crippen MR) is 101 cm³/mol. The van der Waals surface area contributed by atoms with Crippen molar-refractivity contribution in [2.45, 2.75) is 44.0 Å². The van der Waals surface area contributed by atoms with Gasteiger partial charge in [0, 0.05) is 6.04 Å². The fraction of sp³-hybridized carbons (Fsp3) is 0.409. The topological polar surface area (TPSA) is 38.3 Å². The Kier molecular flexibility index (Phi) is 6.73. The highest BCUT2D eigenvalue weighted by atomic mass is 19.4. The van der Waals surface area contributed by atoms with Crippen molar-refractivity contribution < 1.29 is 22.7 Å². The molecule has 0 aromatic heterocycles. The normalized spacial score (nSPS) is 20.1. The Bertz CT molecular complexity index is 710. The Labute approximate surface area is 162 Å². The molecule has 0 aliphatic heterocycles. The zero-order chi connectivity index (χ0) is 20.0. The number of benzene rings is 2. The van der Waals surface area contributed by atoms with Crippen molar-refractivity contribution in [1.29, 1.82) is 0 Å². The van der Waals surface area contributed by atoms with E-state index in [9.17, 15) is 18.0 Å². The molecule has 0 spiro atoms. The maximum absolute atomic E-state index is 12.9. The molecule has 2 atom stereocenters.